The highest BCUT2D eigenvalue weighted by molar-refractivity contribution is 7.28. The SMILES string of the molecule is CCCCCCCCc1ccc(N(c2ccc(CCCCCCCC)cc2)c2ccc(-c3ccc(C4=C5C(=O)N(Cc6c(OCC(CC)CCCC)cccc6OCC(CC)CCCC)C(c6ccc(-c7cc(B(c8c(C)cc(C)cc8C)c8c(C)cc(C)cc8C)c(-c8ncc(C=C(C(=O)O)C(=O)O)s8)s7)s6)=C5C(=O)N4Cc4c(OCC(CC)CCCC)cccc4OCC(CC)CCCC)s3)cc2)cc1. The summed E-state index contributed by atoms with van der Waals surface area (Å²) in [5.41, 5.74) is 19.2. The number of hydrogen-bond acceptors (Lipinski definition) is 14. The number of hydrogen-bond donors (Lipinski definition) is 2. The van der Waals surface area contributed by atoms with Gasteiger partial charge in [-0.25, -0.2) is 14.6 Å². The van der Waals surface area contributed by atoms with Gasteiger partial charge in [0.25, 0.3) is 11.8 Å². The summed E-state index contributed by atoms with van der Waals surface area (Å²) in [6.45, 7) is 37.0. The number of aliphatic carboxylic acids is 2. The van der Waals surface area contributed by atoms with Gasteiger partial charge in [0.2, 0.25) is 6.71 Å². The summed E-state index contributed by atoms with van der Waals surface area (Å²) in [5, 5.41) is 21.0. The fourth-order valence-corrected chi connectivity index (χ4v) is 25.0. The van der Waals surface area contributed by atoms with Gasteiger partial charge in [0.15, 0.2) is 0 Å². The predicted octanol–water partition coefficient (Wildman–Crippen LogP) is 32.1. The van der Waals surface area contributed by atoms with Crippen LogP contribution < -0.4 is 40.2 Å². The summed E-state index contributed by atoms with van der Waals surface area (Å²) in [4.78, 5) is 77.1. The summed E-state index contributed by atoms with van der Waals surface area (Å²) in [6.07, 6.45) is 36.3. The van der Waals surface area contributed by atoms with E-state index in [4.69, 9.17) is 23.9 Å². The van der Waals surface area contributed by atoms with Gasteiger partial charge in [-0.15, -0.1) is 45.3 Å². The van der Waals surface area contributed by atoms with Crippen LogP contribution in [0.15, 0.2) is 187 Å². The van der Waals surface area contributed by atoms with Crippen LogP contribution in [0, 0.1) is 65.2 Å². The van der Waals surface area contributed by atoms with E-state index in [1.807, 2.05) is 46.2 Å². The van der Waals surface area contributed by atoms with E-state index in [1.54, 1.807) is 28.9 Å². The molecular formula is C123H155BN4O10S4. The van der Waals surface area contributed by atoms with Crippen molar-refractivity contribution in [1.82, 2.24) is 14.8 Å². The minimum absolute atomic E-state index is 0.00258. The van der Waals surface area contributed by atoms with Crippen molar-refractivity contribution in [3.63, 3.8) is 0 Å². The number of aromatic nitrogens is 1. The minimum atomic E-state index is -1.55. The van der Waals surface area contributed by atoms with Gasteiger partial charge in [-0.1, -0.05) is 328 Å². The lowest BCUT2D eigenvalue weighted by Gasteiger charge is -2.28. The summed E-state index contributed by atoms with van der Waals surface area (Å²) in [6, 6.07) is 59.2. The molecule has 0 bridgehead atoms. The molecule has 0 radical (unpaired) electrons. The zero-order valence-electron chi connectivity index (χ0n) is 87.7. The molecule has 2 aliphatic rings. The molecule has 14 nitrogen and oxygen atoms in total. The van der Waals surface area contributed by atoms with Crippen molar-refractivity contribution in [3.05, 3.63) is 257 Å². The van der Waals surface area contributed by atoms with Crippen LogP contribution in [0.25, 0.3) is 47.5 Å². The molecule has 2 amide bonds. The lowest BCUT2D eigenvalue weighted by atomic mass is 9.34. The Hall–Kier alpha value is -10.6. The van der Waals surface area contributed by atoms with Gasteiger partial charge >= 0.3 is 11.9 Å². The second-order valence-electron chi connectivity index (χ2n) is 39.9. The number of carbonyl (C=O) groups excluding carboxylic acids is 2. The van der Waals surface area contributed by atoms with E-state index in [0.717, 1.165) is 218 Å². The molecule has 7 aromatic carbocycles. The van der Waals surface area contributed by atoms with Gasteiger partial charge in [0.1, 0.15) is 33.6 Å². The third kappa shape index (κ3) is 27.5. The number of amides is 2. The van der Waals surface area contributed by atoms with Crippen LogP contribution in [0.4, 0.5) is 17.1 Å². The molecule has 0 fully saturated rings. The number of anilines is 3. The zero-order valence-corrected chi connectivity index (χ0v) is 90.9. The molecule has 4 unspecified atom stereocenters. The van der Waals surface area contributed by atoms with Crippen molar-refractivity contribution in [2.75, 3.05) is 31.3 Å². The van der Waals surface area contributed by atoms with E-state index in [1.165, 1.54) is 117 Å². The number of rotatable bonds is 60. The number of thiazole rings is 1. The lowest BCUT2D eigenvalue weighted by Crippen LogP contribution is -2.56. The van der Waals surface area contributed by atoms with E-state index in [-0.39, 0.29) is 55.3 Å². The number of benzene rings is 7. The van der Waals surface area contributed by atoms with Crippen molar-refractivity contribution in [1.29, 1.82) is 0 Å². The topological polar surface area (TPSA) is 168 Å². The smallest absolute Gasteiger partial charge is 0.343 e. The van der Waals surface area contributed by atoms with Crippen molar-refractivity contribution >= 4 is 127 Å². The molecule has 6 heterocycles. The number of carboxylic acid groups (broad SMARTS) is 2. The highest BCUT2D eigenvalue weighted by Gasteiger charge is 2.51. The Morgan fingerprint density at radius 1 is 0.401 bits per heavy atom. The van der Waals surface area contributed by atoms with Gasteiger partial charge < -0.3 is 43.9 Å². The molecule has 0 spiro atoms. The first-order valence-electron chi connectivity index (χ1n) is 53.6. The molecule has 4 atom stereocenters. The van der Waals surface area contributed by atoms with E-state index < -0.39 is 17.5 Å². The van der Waals surface area contributed by atoms with E-state index in [2.05, 4.69) is 243 Å². The molecule has 142 heavy (non-hydrogen) atoms. The Labute approximate surface area is 865 Å². The zero-order chi connectivity index (χ0) is 101. The third-order valence-electron chi connectivity index (χ3n) is 29.0. The highest BCUT2D eigenvalue weighted by atomic mass is 32.1. The maximum Gasteiger partial charge on any atom is 0.343 e. The van der Waals surface area contributed by atoms with Gasteiger partial charge in [0.05, 0.1) is 87.8 Å². The molecule has 0 saturated heterocycles. The Balaban J connectivity index is 1.03. The summed E-state index contributed by atoms with van der Waals surface area (Å²) >= 11 is 5.92. The first-order valence-corrected chi connectivity index (χ1v) is 56.8. The molecule has 0 aliphatic carbocycles. The van der Waals surface area contributed by atoms with E-state index in [0.29, 0.717) is 92.3 Å². The Morgan fingerprint density at radius 2 is 0.754 bits per heavy atom. The maximum atomic E-state index is 17.7. The molecule has 754 valence electrons. The number of thiophene rings is 3. The summed E-state index contributed by atoms with van der Waals surface area (Å²) < 4.78 is 28.7. The van der Waals surface area contributed by atoms with Crippen LogP contribution in [0.5, 0.6) is 23.0 Å². The third-order valence-corrected chi connectivity index (χ3v) is 33.7. The standard InChI is InChI=1S/C123H155BN4O10S4/c1-17-27-33-35-37-39-47-92-53-59-95(60-54-92)128(96-61-55-93(56-62-96)48-40-38-36-34-28-18-2)97-63-57-94(58-64-97)107-65-67-109(140-107)116-112-113(121(130)126(116)76-100-103(135-78-88(23-7)43-29-19-3)49-41-50-104(100)136-79-89(24-8)44-30-20-4)117(127(120(112)129)77-101-105(137-80-90(25-9)45-31-21-5)51-42-52-106(101)138-81-91(26-10)46-32-22-6)110-68-66-108(141-110)111-74-102(118(142-111)119-125-75-98(139-119)73-99(122(131)132)123(133)134)124(114-84(13)69-82(11)70-85(114)14)115-86(15)71-83(12)72-87(115)16/h41-42,49-75,88-91H,17-40,43-48,76-81H2,1-16H3,(H,131,132)(H,133,134). The monoisotopic (exact) mass is 1990 g/mol. The van der Waals surface area contributed by atoms with Crippen molar-refractivity contribution in [2.45, 2.75) is 316 Å². The van der Waals surface area contributed by atoms with Crippen LogP contribution in [-0.4, -0.2) is 81.9 Å². The van der Waals surface area contributed by atoms with Gasteiger partial charge in [-0.3, -0.25) is 9.59 Å². The molecule has 0 saturated carbocycles. The number of ether oxygens (including phenoxy) is 4. The van der Waals surface area contributed by atoms with Crippen molar-refractivity contribution in [3.8, 4) is 53.1 Å². The van der Waals surface area contributed by atoms with Crippen molar-refractivity contribution in [2.24, 2.45) is 23.7 Å². The number of nitrogens with zero attached hydrogens (tertiary/aromatic N) is 4. The molecule has 11 aromatic rings. The Morgan fingerprint density at radius 3 is 1.13 bits per heavy atom. The largest absolute Gasteiger partial charge is 0.493 e. The average molecular weight is 1990 g/mol. The Bertz CT molecular complexity index is 5850. The number of fused-ring (bicyclic) bond motifs is 1. The number of unbranched alkanes of at least 4 members (excludes halogenated alkanes) is 14. The van der Waals surface area contributed by atoms with E-state index >= 15 is 9.59 Å². The predicted molar refractivity (Wildman–Crippen MR) is 600 cm³/mol. The molecular weight excluding hydrogens is 1830 g/mol. The highest BCUT2D eigenvalue weighted by Crippen LogP contribution is 2.54. The molecule has 19 heteroatoms. The van der Waals surface area contributed by atoms with Crippen LogP contribution in [-0.2, 0) is 45.1 Å². The number of carboxylic acids is 2. The maximum absolute atomic E-state index is 17.7. The second-order valence-corrected chi connectivity index (χ2v) is 44.2. The molecule has 13 rings (SSSR count). The lowest BCUT2D eigenvalue weighted by molar-refractivity contribution is -0.140. The summed E-state index contributed by atoms with van der Waals surface area (Å²) in [5.74, 6) is -0.102. The van der Waals surface area contributed by atoms with Crippen molar-refractivity contribution < 1.29 is 48.3 Å². The number of aryl methyl sites for hydroxylation is 8. The Kier molecular flexibility index (Phi) is 41.2. The fraction of sp³-hybridized carbons (Fsp3) is 0.455. The van der Waals surface area contributed by atoms with Gasteiger partial charge in [-0.05, 0) is 236 Å². The normalized spacial score (nSPS) is 13.5. The fourth-order valence-electron chi connectivity index (χ4n) is 20.6. The second kappa shape index (κ2) is 53.9. The number of carbonyl (C=O) groups is 4. The quantitative estimate of drug-likeness (QED) is 0.0122. The van der Waals surface area contributed by atoms with Crippen LogP contribution in [0.1, 0.15) is 319 Å². The molecule has 2 aliphatic heterocycles. The van der Waals surface area contributed by atoms with E-state index in [9.17, 15) is 19.8 Å². The molecule has 4 aromatic heterocycles. The van der Waals surface area contributed by atoms with Crippen LogP contribution in [0.3, 0.4) is 0 Å². The first-order chi connectivity index (χ1) is 69.0. The summed E-state index contributed by atoms with van der Waals surface area (Å²) in [7, 11) is 0. The molecule has 2 N–H and O–H groups in total. The van der Waals surface area contributed by atoms with Gasteiger partial charge in [0, 0.05) is 42.8 Å². The first kappa shape index (κ1) is 109. The minimum Gasteiger partial charge on any atom is -0.493 e. The van der Waals surface area contributed by atoms with Gasteiger partial charge in [-0.2, -0.15) is 0 Å². The average Bonchev–Trinajstić information content (AvgIpc) is 1.54. The van der Waals surface area contributed by atoms with Crippen LogP contribution in [0.2, 0.25) is 0 Å². The van der Waals surface area contributed by atoms with Crippen LogP contribution >= 0.6 is 45.3 Å².